The molecular weight excluding hydrogens is 444 g/mol. The van der Waals surface area contributed by atoms with Crippen LogP contribution in [0.5, 0.6) is 0 Å². The number of halogens is 2. The Labute approximate surface area is 206 Å². The summed E-state index contributed by atoms with van der Waals surface area (Å²) in [6, 6.07) is 3.26. The van der Waals surface area contributed by atoms with Gasteiger partial charge in [0, 0.05) is 24.5 Å². The summed E-state index contributed by atoms with van der Waals surface area (Å²) < 4.78 is 29.1. The number of nitrogens with zero attached hydrogens (tertiary/aromatic N) is 2. The fraction of sp³-hybridized carbons (Fsp3) is 0.310. The van der Waals surface area contributed by atoms with Gasteiger partial charge in [-0.2, -0.15) is 0 Å². The topological polar surface area (TPSA) is 46.9 Å². The molecule has 1 unspecified atom stereocenters. The normalized spacial score (nSPS) is 19.1. The van der Waals surface area contributed by atoms with Crippen LogP contribution in [-0.2, 0) is 4.79 Å². The molecule has 0 fully saturated rings. The van der Waals surface area contributed by atoms with E-state index in [4.69, 9.17) is 0 Å². The number of rotatable bonds is 7. The third-order valence-electron chi connectivity index (χ3n) is 6.36. The van der Waals surface area contributed by atoms with Crippen molar-refractivity contribution in [3.63, 3.8) is 0 Å². The van der Waals surface area contributed by atoms with E-state index in [2.05, 4.69) is 47.8 Å². The molecule has 4 nitrogen and oxygen atoms in total. The lowest BCUT2D eigenvalue weighted by Crippen LogP contribution is -2.25. The van der Waals surface area contributed by atoms with Gasteiger partial charge in [0.05, 0.1) is 18.1 Å². The number of imidazole rings is 1. The van der Waals surface area contributed by atoms with Crippen LogP contribution < -0.4 is 5.32 Å². The van der Waals surface area contributed by atoms with Crippen molar-refractivity contribution < 1.29 is 13.6 Å². The van der Waals surface area contributed by atoms with E-state index >= 15 is 0 Å². The van der Waals surface area contributed by atoms with Crippen LogP contribution in [-0.4, -0.2) is 15.5 Å². The van der Waals surface area contributed by atoms with Gasteiger partial charge in [-0.3, -0.25) is 4.79 Å². The highest BCUT2D eigenvalue weighted by Crippen LogP contribution is 2.45. The number of hydrogen-bond donors (Lipinski definition) is 1. The number of carbonyl (C=O) groups excluding carboxylic acids is 1. The average molecular weight is 478 g/mol. The van der Waals surface area contributed by atoms with Crippen molar-refractivity contribution in [1.82, 2.24) is 9.55 Å². The summed E-state index contributed by atoms with van der Waals surface area (Å²) in [6.07, 6.45) is 19.2. The molecule has 1 N–H and O–H groups in total. The van der Waals surface area contributed by atoms with E-state index in [0.29, 0.717) is 11.6 Å². The van der Waals surface area contributed by atoms with Gasteiger partial charge < -0.3 is 9.88 Å². The Morgan fingerprint density at radius 2 is 1.97 bits per heavy atom. The molecule has 2 aromatic rings. The summed E-state index contributed by atoms with van der Waals surface area (Å²) in [5.41, 5.74) is 4.37. The third-order valence-corrected chi connectivity index (χ3v) is 6.36. The minimum absolute atomic E-state index is 0.0988. The Bertz CT molecular complexity index is 1210. The molecule has 1 aliphatic carbocycles. The molecule has 1 aliphatic rings. The van der Waals surface area contributed by atoms with Crippen molar-refractivity contribution in [3.8, 4) is 0 Å². The molecule has 35 heavy (non-hydrogen) atoms. The molecule has 0 radical (unpaired) electrons. The van der Waals surface area contributed by atoms with Gasteiger partial charge in [0.25, 0.3) is 0 Å². The van der Waals surface area contributed by atoms with Gasteiger partial charge in [-0.05, 0) is 67.9 Å². The van der Waals surface area contributed by atoms with Crippen molar-refractivity contribution in [3.05, 3.63) is 107 Å². The lowest BCUT2D eigenvalue weighted by molar-refractivity contribution is -0.112. The second-order valence-corrected chi connectivity index (χ2v) is 9.65. The number of aromatic nitrogens is 2. The van der Waals surface area contributed by atoms with Crippen LogP contribution in [0.25, 0.3) is 0 Å². The maximum atomic E-state index is 13.7. The zero-order valence-corrected chi connectivity index (χ0v) is 21.0. The molecule has 0 spiro atoms. The van der Waals surface area contributed by atoms with Crippen LogP contribution in [0, 0.1) is 17.0 Å². The number of allylic oxidation sites excluding steroid dienone is 9. The van der Waals surface area contributed by atoms with Gasteiger partial charge in [-0.1, -0.05) is 49.8 Å². The number of anilines is 1. The zero-order chi connectivity index (χ0) is 25.6. The van der Waals surface area contributed by atoms with Crippen molar-refractivity contribution in [2.24, 2.45) is 5.41 Å². The van der Waals surface area contributed by atoms with Crippen molar-refractivity contribution in [1.29, 1.82) is 0 Å². The first-order valence-electron chi connectivity index (χ1n) is 11.7. The van der Waals surface area contributed by atoms with Crippen LogP contribution >= 0.6 is 0 Å². The molecule has 6 heteroatoms. The molecule has 0 bridgehead atoms. The lowest BCUT2D eigenvalue weighted by Gasteiger charge is -2.37. The summed E-state index contributed by atoms with van der Waals surface area (Å²) >= 11 is 0. The summed E-state index contributed by atoms with van der Waals surface area (Å²) in [5, 5.41) is 2.36. The smallest absolute Gasteiger partial charge is 0.248 e. The summed E-state index contributed by atoms with van der Waals surface area (Å²) in [5.74, 6) is -1.82. The van der Waals surface area contributed by atoms with E-state index < -0.39 is 17.5 Å². The van der Waals surface area contributed by atoms with Crippen LogP contribution in [0.15, 0.2) is 95.7 Å². The summed E-state index contributed by atoms with van der Waals surface area (Å²) in [6.45, 7) is 10.6. The Kier molecular flexibility index (Phi) is 8.39. The van der Waals surface area contributed by atoms with Gasteiger partial charge in [-0.25, -0.2) is 13.8 Å². The SMILES string of the molecule is CC1=C(/C=C/C(C)=C/C=C/C(C)=C/C(=O)Nc2cc(F)ccc2F)C(C)(C)CCC1n1ccnc1. The van der Waals surface area contributed by atoms with Crippen LogP contribution in [0.2, 0.25) is 0 Å². The third kappa shape index (κ3) is 6.98. The summed E-state index contributed by atoms with van der Waals surface area (Å²) in [4.78, 5) is 16.3. The Morgan fingerprint density at radius 1 is 1.20 bits per heavy atom. The van der Waals surface area contributed by atoms with Gasteiger partial charge >= 0.3 is 0 Å². The number of nitrogens with one attached hydrogen (secondary N) is 1. The molecule has 0 aliphatic heterocycles. The maximum absolute atomic E-state index is 13.7. The molecular formula is C29H33F2N3O. The Balaban J connectivity index is 1.67. The standard InChI is InChI=1S/C29H33F2N3O/c1-20(7-6-8-21(2)17-28(35)33-26-18-23(30)10-12-25(26)31)9-11-24-22(3)27(13-14-29(24,4)5)34-16-15-32-19-34/h6-12,15-19,27H,13-14H2,1-5H3,(H,33,35)/b8-6+,11-9+,20-7+,21-17+. The van der Waals surface area contributed by atoms with Crippen molar-refractivity contribution in [2.45, 2.75) is 53.5 Å². The first kappa shape index (κ1) is 26.1. The number of hydrogen-bond acceptors (Lipinski definition) is 2. The van der Waals surface area contributed by atoms with E-state index in [1.807, 2.05) is 37.8 Å². The van der Waals surface area contributed by atoms with Crippen LogP contribution in [0.1, 0.15) is 53.5 Å². The molecule has 1 aromatic carbocycles. The summed E-state index contributed by atoms with van der Waals surface area (Å²) in [7, 11) is 0. The monoisotopic (exact) mass is 477 g/mol. The van der Waals surface area contributed by atoms with E-state index in [9.17, 15) is 13.6 Å². The predicted octanol–water partition coefficient (Wildman–Crippen LogP) is 7.48. The Morgan fingerprint density at radius 3 is 2.69 bits per heavy atom. The maximum Gasteiger partial charge on any atom is 0.248 e. The molecule has 3 rings (SSSR count). The fourth-order valence-corrected chi connectivity index (χ4v) is 4.38. The highest BCUT2D eigenvalue weighted by Gasteiger charge is 2.32. The minimum atomic E-state index is -0.686. The quantitative estimate of drug-likeness (QED) is 0.332. The first-order valence-corrected chi connectivity index (χ1v) is 11.7. The van der Waals surface area contributed by atoms with E-state index in [1.54, 1.807) is 13.0 Å². The van der Waals surface area contributed by atoms with Gasteiger partial charge in [0.1, 0.15) is 11.6 Å². The molecule has 0 saturated heterocycles. The van der Waals surface area contributed by atoms with E-state index in [1.165, 1.54) is 17.2 Å². The molecule has 1 amide bonds. The fourth-order valence-electron chi connectivity index (χ4n) is 4.38. The first-order chi connectivity index (χ1) is 16.6. The van der Waals surface area contributed by atoms with Crippen LogP contribution in [0.3, 0.4) is 0 Å². The highest BCUT2D eigenvalue weighted by molar-refractivity contribution is 6.00. The van der Waals surface area contributed by atoms with Gasteiger partial charge in [0.2, 0.25) is 5.91 Å². The molecule has 1 heterocycles. The average Bonchev–Trinajstić information content (AvgIpc) is 3.30. The Hall–Kier alpha value is -3.54. The second-order valence-electron chi connectivity index (χ2n) is 9.65. The number of amides is 1. The van der Waals surface area contributed by atoms with Crippen LogP contribution in [0.4, 0.5) is 14.5 Å². The number of benzene rings is 1. The molecule has 1 atom stereocenters. The van der Waals surface area contributed by atoms with E-state index in [0.717, 1.165) is 36.6 Å². The minimum Gasteiger partial charge on any atom is -0.330 e. The molecule has 184 valence electrons. The largest absolute Gasteiger partial charge is 0.330 e. The highest BCUT2D eigenvalue weighted by atomic mass is 19.1. The lowest BCUT2D eigenvalue weighted by atomic mass is 9.71. The van der Waals surface area contributed by atoms with Gasteiger partial charge in [0.15, 0.2) is 0 Å². The van der Waals surface area contributed by atoms with Crippen molar-refractivity contribution >= 4 is 11.6 Å². The van der Waals surface area contributed by atoms with E-state index in [-0.39, 0.29) is 11.1 Å². The van der Waals surface area contributed by atoms with Gasteiger partial charge in [-0.15, -0.1) is 0 Å². The number of carbonyl (C=O) groups is 1. The zero-order valence-electron chi connectivity index (χ0n) is 21.0. The molecule has 0 saturated carbocycles. The predicted molar refractivity (Wildman–Crippen MR) is 138 cm³/mol. The van der Waals surface area contributed by atoms with Crippen molar-refractivity contribution in [2.75, 3.05) is 5.32 Å². The molecule has 1 aromatic heterocycles. The second kappa shape index (κ2) is 11.3.